The minimum atomic E-state index is -3.40. The largest absolute Gasteiger partial charge is 0.497 e. The fourth-order valence-corrected chi connectivity index (χ4v) is 5.83. The van der Waals surface area contributed by atoms with Crippen LogP contribution in [0.4, 0.5) is 11.4 Å². The molecule has 0 saturated carbocycles. The quantitative estimate of drug-likeness (QED) is 0.257. The van der Waals surface area contributed by atoms with Gasteiger partial charge in [-0.05, 0) is 71.6 Å². The van der Waals surface area contributed by atoms with E-state index >= 15 is 0 Å². The zero-order valence-electron chi connectivity index (χ0n) is 21.0. The molecule has 0 aliphatic carbocycles. The molecule has 2 N–H and O–H groups in total. The van der Waals surface area contributed by atoms with Gasteiger partial charge in [-0.3, -0.25) is 9.52 Å². The van der Waals surface area contributed by atoms with Crippen molar-refractivity contribution in [3.63, 3.8) is 0 Å². The minimum Gasteiger partial charge on any atom is -0.497 e. The van der Waals surface area contributed by atoms with Gasteiger partial charge in [0, 0.05) is 32.1 Å². The summed E-state index contributed by atoms with van der Waals surface area (Å²) >= 11 is 7.80. The summed E-state index contributed by atoms with van der Waals surface area (Å²) in [5, 5.41) is 4.20. The van der Waals surface area contributed by atoms with Gasteiger partial charge in [0.2, 0.25) is 10.0 Å². The molecule has 1 heterocycles. The fraction of sp³-hybridized carbons (Fsp3) is 0.222. The lowest BCUT2D eigenvalue weighted by atomic mass is 9.77. The molecule has 0 fully saturated rings. The molecule has 1 amide bonds. The Labute approximate surface area is 225 Å². The van der Waals surface area contributed by atoms with Crippen molar-refractivity contribution >= 4 is 60.3 Å². The number of thiophene rings is 1. The van der Waals surface area contributed by atoms with E-state index in [-0.39, 0.29) is 5.91 Å². The summed E-state index contributed by atoms with van der Waals surface area (Å²) in [6, 6.07) is 18.0. The van der Waals surface area contributed by atoms with Crippen LogP contribution in [0.25, 0.3) is 10.1 Å². The van der Waals surface area contributed by atoms with E-state index in [2.05, 4.69) is 23.9 Å². The smallest absolute Gasteiger partial charge is 0.265 e. The Bertz CT molecular complexity index is 1600. The number of carbonyl (C=O) groups is 1. The Morgan fingerprint density at radius 2 is 1.70 bits per heavy atom. The molecule has 37 heavy (non-hydrogen) atoms. The summed E-state index contributed by atoms with van der Waals surface area (Å²) in [7, 11) is -0.163. The maximum absolute atomic E-state index is 13.1. The van der Waals surface area contributed by atoms with Crippen LogP contribution in [-0.4, -0.2) is 34.8 Å². The molecular weight excluding hydrogens is 532 g/mol. The molecule has 0 radical (unpaired) electrons. The van der Waals surface area contributed by atoms with E-state index in [0.29, 0.717) is 32.8 Å². The van der Waals surface area contributed by atoms with E-state index in [4.69, 9.17) is 21.1 Å². The van der Waals surface area contributed by atoms with Gasteiger partial charge in [-0.2, -0.15) is 0 Å². The molecule has 0 aliphatic rings. The predicted octanol–water partition coefficient (Wildman–Crippen LogP) is 6.52. The van der Waals surface area contributed by atoms with Crippen molar-refractivity contribution in [1.29, 1.82) is 0 Å². The average Bonchev–Trinajstić information content (AvgIpc) is 3.26. The number of nitrogens with one attached hydrogen (secondary N) is 2. The number of rotatable bonds is 8. The SMILES string of the molecule is COc1ccc(OC)c(C(C)(C)c2cc(Cl)cc(NC(=O)c3cc4cc(NS(C)(=O)=O)ccc4s3)c2)c1. The van der Waals surface area contributed by atoms with E-state index in [1.54, 1.807) is 44.6 Å². The zero-order chi connectivity index (χ0) is 27.0. The third-order valence-electron chi connectivity index (χ3n) is 6.00. The van der Waals surface area contributed by atoms with Gasteiger partial charge in [-0.15, -0.1) is 11.3 Å². The summed E-state index contributed by atoms with van der Waals surface area (Å²) in [6.45, 7) is 4.10. The number of ether oxygens (including phenoxy) is 2. The molecule has 3 aromatic carbocycles. The third-order valence-corrected chi connectivity index (χ3v) is 7.94. The molecule has 4 rings (SSSR count). The second-order valence-electron chi connectivity index (χ2n) is 9.11. The highest BCUT2D eigenvalue weighted by Crippen LogP contribution is 2.41. The number of hydrogen-bond acceptors (Lipinski definition) is 6. The van der Waals surface area contributed by atoms with Gasteiger partial charge in [-0.1, -0.05) is 25.4 Å². The van der Waals surface area contributed by atoms with Crippen molar-refractivity contribution in [3.05, 3.63) is 81.7 Å². The molecule has 0 bridgehead atoms. The van der Waals surface area contributed by atoms with Crippen LogP contribution < -0.4 is 19.5 Å². The highest BCUT2D eigenvalue weighted by Gasteiger charge is 2.28. The summed E-state index contributed by atoms with van der Waals surface area (Å²) in [5.74, 6) is 1.13. The number of fused-ring (bicyclic) bond motifs is 1. The second kappa shape index (κ2) is 10.2. The van der Waals surface area contributed by atoms with Gasteiger partial charge in [0.15, 0.2) is 0 Å². The van der Waals surface area contributed by atoms with Crippen LogP contribution in [-0.2, 0) is 15.4 Å². The summed E-state index contributed by atoms with van der Waals surface area (Å²) in [6.07, 6.45) is 1.09. The standard InChI is InChI=1S/C27H27ClN2O5S2/c1-27(2,22-15-21(34-3)7-8-23(22)35-4)17-12-18(28)14-20(13-17)29-26(31)25-11-16-10-19(30-37(5,32)33)6-9-24(16)36-25/h6-15,30H,1-5H3,(H,29,31). The molecule has 1 aromatic heterocycles. The number of halogens is 1. The van der Waals surface area contributed by atoms with E-state index in [1.165, 1.54) is 11.3 Å². The lowest BCUT2D eigenvalue weighted by molar-refractivity contribution is 0.103. The van der Waals surface area contributed by atoms with Crippen LogP contribution in [0, 0.1) is 0 Å². The van der Waals surface area contributed by atoms with Crippen LogP contribution in [0.5, 0.6) is 11.5 Å². The summed E-state index contributed by atoms with van der Waals surface area (Å²) < 4.78 is 37.4. The maximum atomic E-state index is 13.1. The van der Waals surface area contributed by atoms with Crippen molar-refractivity contribution in [2.24, 2.45) is 0 Å². The molecule has 194 valence electrons. The monoisotopic (exact) mass is 558 g/mol. The zero-order valence-corrected chi connectivity index (χ0v) is 23.4. The lowest BCUT2D eigenvalue weighted by Gasteiger charge is -2.29. The second-order valence-corrected chi connectivity index (χ2v) is 12.4. The molecule has 0 atom stereocenters. The molecule has 7 nitrogen and oxygen atoms in total. The van der Waals surface area contributed by atoms with Gasteiger partial charge in [-0.25, -0.2) is 8.42 Å². The van der Waals surface area contributed by atoms with Gasteiger partial charge < -0.3 is 14.8 Å². The Morgan fingerprint density at radius 1 is 0.946 bits per heavy atom. The molecule has 10 heteroatoms. The number of amides is 1. The molecule has 0 aliphatic heterocycles. The van der Waals surface area contributed by atoms with Crippen LogP contribution in [0.2, 0.25) is 5.02 Å². The Morgan fingerprint density at radius 3 is 2.38 bits per heavy atom. The first kappa shape index (κ1) is 26.8. The molecule has 4 aromatic rings. The highest BCUT2D eigenvalue weighted by molar-refractivity contribution is 7.92. The molecule has 0 unspecified atom stereocenters. The van der Waals surface area contributed by atoms with Crippen molar-refractivity contribution in [1.82, 2.24) is 0 Å². The third kappa shape index (κ3) is 6.01. The van der Waals surface area contributed by atoms with Crippen LogP contribution in [0.15, 0.2) is 60.7 Å². The van der Waals surface area contributed by atoms with Crippen molar-refractivity contribution in [3.8, 4) is 11.5 Å². The number of hydrogen-bond donors (Lipinski definition) is 2. The van der Waals surface area contributed by atoms with E-state index in [1.807, 2.05) is 30.3 Å². The van der Waals surface area contributed by atoms with Gasteiger partial charge in [0.25, 0.3) is 5.91 Å². The lowest BCUT2D eigenvalue weighted by Crippen LogP contribution is -2.21. The highest BCUT2D eigenvalue weighted by atomic mass is 35.5. The van der Waals surface area contributed by atoms with Gasteiger partial charge in [0.05, 0.1) is 25.4 Å². The normalized spacial score (nSPS) is 11.8. The molecular formula is C27H27ClN2O5S2. The van der Waals surface area contributed by atoms with Crippen LogP contribution in [0.3, 0.4) is 0 Å². The van der Waals surface area contributed by atoms with E-state index < -0.39 is 15.4 Å². The summed E-state index contributed by atoms with van der Waals surface area (Å²) in [4.78, 5) is 13.6. The Hall–Kier alpha value is -3.27. The van der Waals surface area contributed by atoms with Gasteiger partial charge >= 0.3 is 0 Å². The predicted molar refractivity (Wildman–Crippen MR) is 151 cm³/mol. The fourth-order valence-electron chi connectivity index (χ4n) is 4.11. The number of sulfonamides is 1. The van der Waals surface area contributed by atoms with Crippen molar-refractivity contribution in [2.45, 2.75) is 19.3 Å². The first-order valence-corrected chi connectivity index (χ1v) is 14.3. The molecule has 0 saturated heterocycles. The van der Waals surface area contributed by atoms with E-state index in [0.717, 1.165) is 27.5 Å². The van der Waals surface area contributed by atoms with Crippen LogP contribution >= 0.6 is 22.9 Å². The Kier molecular flexibility index (Phi) is 7.41. The average molecular weight is 559 g/mol. The van der Waals surface area contributed by atoms with Crippen LogP contribution in [0.1, 0.15) is 34.6 Å². The maximum Gasteiger partial charge on any atom is 0.265 e. The molecule has 0 spiro atoms. The number of anilines is 2. The first-order valence-electron chi connectivity index (χ1n) is 11.3. The van der Waals surface area contributed by atoms with Gasteiger partial charge in [0.1, 0.15) is 11.5 Å². The number of carbonyl (C=O) groups excluding carboxylic acids is 1. The number of benzene rings is 3. The topological polar surface area (TPSA) is 93.7 Å². The number of methoxy groups -OCH3 is 2. The van der Waals surface area contributed by atoms with Crippen molar-refractivity contribution in [2.75, 3.05) is 30.5 Å². The summed E-state index contributed by atoms with van der Waals surface area (Å²) in [5.41, 5.74) is 2.27. The minimum absolute atomic E-state index is 0.288. The first-order chi connectivity index (χ1) is 17.4. The van der Waals surface area contributed by atoms with Crippen molar-refractivity contribution < 1.29 is 22.7 Å². The van der Waals surface area contributed by atoms with E-state index in [9.17, 15) is 13.2 Å². The Balaban J connectivity index is 1.64.